The lowest BCUT2D eigenvalue weighted by molar-refractivity contribution is 0.126. The van der Waals surface area contributed by atoms with Crippen LogP contribution in [-0.4, -0.2) is 35.3 Å². The molecule has 0 aliphatic rings. The molecule has 0 saturated carbocycles. The molecule has 0 unspecified atom stereocenters. The molecule has 0 amide bonds. The molecule has 0 saturated heterocycles. The summed E-state index contributed by atoms with van der Waals surface area (Å²) >= 11 is 0. The molecule has 8 nitrogen and oxygen atoms in total. The first-order valence-electron chi connectivity index (χ1n) is 9.99. The molecule has 0 bridgehead atoms. The molecule has 0 aliphatic heterocycles. The minimum atomic E-state index is 0.181. The molecule has 0 atom stereocenters. The zero-order valence-electron chi connectivity index (χ0n) is 17.3. The van der Waals surface area contributed by atoms with Crippen molar-refractivity contribution in [3.05, 3.63) is 89.4 Å². The van der Waals surface area contributed by atoms with Gasteiger partial charge < -0.3 is 9.40 Å². The lowest BCUT2D eigenvalue weighted by Gasteiger charge is -2.07. The summed E-state index contributed by atoms with van der Waals surface area (Å²) in [5, 5.41) is 9.50. The fraction of sp³-hybridized carbons (Fsp3) is 0.174. The predicted octanol–water partition coefficient (Wildman–Crippen LogP) is 3.69. The van der Waals surface area contributed by atoms with Gasteiger partial charge in [0, 0.05) is 18.1 Å². The van der Waals surface area contributed by atoms with Crippen molar-refractivity contribution < 1.29 is 4.84 Å². The number of fused-ring (bicyclic) bond motifs is 3. The molecule has 4 aromatic heterocycles. The average Bonchev–Trinajstić information content (AvgIpc) is 3.32. The van der Waals surface area contributed by atoms with Gasteiger partial charge in [-0.3, -0.25) is 4.98 Å². The van der Waals surface area contributed by atoms with E-state index in [9.17, 15) is 0 Å². The first kappa shape index (κ1) is 18.9. The van der Waals surface area contributed by atoms with Crippen LogP contribution in [0.25, 0.3) is 16.7 Å². The zero-order valence-corrected chi connectivity index (χ0v) is 17.3. The van der Waals surface area contributed by atoms with Crippen LogP contribution in [0.2, 0.25) is 0 Å². The van der Waals surface area contributed by atoms with Gasteiger partial charge in [0.05, 0.1) is 18.1 Å². The standard InChI is InChI=1S/C23H21N7O/c1-16-17(2)29(13-19-9-6-10-24-11-19)22-21(16)23-27-20(28-30(23)15-25-22)14-31-26-12-18-7-4-3-5-8-18/h3-12,15H,13-14H2,1-2H3/b26-12-. The van der Waals surface area contributed by atoms with Crippen LogP contribution in [0.4, 0.5) is 0 Å². The molecule has 0 radical (unpaired) electrons. The van der Waals surface area contributed by atoms with E-state index >= 15 is 0 Å². The average molecular weight is 411 g/mol. The van der Waals surface area contributed by atoms with Gasteiger partial charge in [-0.2, -0.15) is 0 Å². The van der Waals surface area contributed by atoms with Crippen LogP contribution in [0.1, 0.15) is 28.2 Å². The Morgan fingerprint density at radius 3 is 2.74 bits per heavy atom. The Balaban J connectivity index is 1.44. The lowest BCUT2D eigenvalue weighted by Crippen LogP contribution is -2.03. The van der Waals surface area contributed by atoms with Gasteiger partial charge in [-0.25, -0.2) is 14.5 Å². The third kappa shape index (κ3) is 3.63. The lowest BCUT2D eigenvalue weighted by atomic mass is 10.2. The van der Waals surface area contributed by atoms with E-state index in [0.717, 1.165) is 39.1 Å². The van der Waals surface area contributed by atoms with Crippen molar-refractivity contribution in [2.45, 2.75) is 27.0 Å². The van der Waals surface area contributed by atoms with Crippen LogP contribution in [0.15, 0.2) is 66.3 Å². The molecular formula is C23H21N7O. The first-order valence-corrected chi connectivity index (χ1v) is 9.99. The minimum absolute atomic E-state index is 0.181. The summed E-state index contributed by atoms with van der Waals surface area (Å²) in [6.07, 6.45) is 7.02. The summed E-state index contributed by atoms with van der Waals surface area (Å²) in [6.45, 7) is 5.07. The van der Waals surface area contributed by atoms with Crippen molar-refractivity contribution in [3.8, 4) is 0 Å². The second kappa shape index (κ2) is 7.98. The maximum absolute atomic E-state index is 5.40. The van der Waals surface area contributed by atoms with E-state index in [1.807, 2.05) is 42.6 Å². The molecule has 31 heavy (non-hydrogen) atoms. The molecule has 0 N–H and O–H groups in total. The Labute approximate surface area is 178 Å². The first-order chi connectivity index (χ1) is 15.2. The minimum Gasteiger partial charge on any atom is -0.387 e. The van der Waals surface area contributed by atoms with Gasteiger partial charge in [0.15, 0.2) is 18.1 Å². The molecule has 1 aromatic carbocycles. The van der Waals surface area contributed by atoms with E-state index in [-0.39, 0.29) is 6.61 Å². The number of rotatable bonds is 6. The molecule has 0 aliphatic carbocycles. The predicted molar refractivity (Wildman–Crippen MR) is 118 cm³/mol. The van der Waals surface area contributed by atoms with Crippen LogP contribution in [0, 0.1) is 13.8 Å². The van der Waals surface area contributed by atoms with Crippen LogP contribution < -0.4 is 0 Å². The SMILES string of the molecule is Cc1c(C)n(Cc2cccnc2)c2ncn3nc(CO/N=C\c4ccccc4)nc3c12. The van der Waals surface area contributed by atoms with Crippen LogP contribution in [-0.2, 0) is 18.0 Å². The summed E-state index contributed by atoms with van der Waals surface area (Å²) < 4.78 is 3.89. The summed E-state index contributed by atoms with van der Waals surface area (Å²) in [4.78, 5) is 19.0. The van der Waals surface area contributed by atoms with E-state index in [0.29, 0.717) is 12.4 Å². The highest BCUT2D eigenvalue weighted by atomic mass is 16.6. The Morgan fingerprint density at radius 2 is 1.94 bits per heavy atom. The Bertz CT molecular complexity index is 1370. The van der Waals surface area contributed by atoms with E-state index in [4.69, 9.17) is 9.82 Å². The normalized spacial score (nSPS) is 11.7. The molecular weight excluding hydrogens is 390 g/mol. The topological polar surface area (TPSA) is 82.5 Å². The summed E-state index contributed by atoms with van der Waals surface area (Å²) in [7, 11) is 0. The number of aryl methyl sites for hydroxylation is 1. The van der Waals surface area contributed by atoms with Crippen LogP contribution in [0.3, 0.4) is 0 Å². The van der Waals surface area contributed by atoms with E-state index in [2.05, 4.69) is 44.7 Å². The Kier molecular flexibility index (Phi) is 4.87. The molecule has 0 fully saturated rings. The van der Waals surface area contributed by atoms with Crippen molar-refractivity contribution >= 4 is 22.9 Å². The molecule has 5 aromatic rings. The van der Waals surface area contributed by atoms with E-state index < -0.39 is 0 Å². The van der Waals surface area contributed by atoms with Gasteiger partial charge >= 0.3 is 0 Å². The van der Waals surface area contributed by atoms with Gasteiger partial charge in [0.1, 0.15) is 12.0 Å². The van der Waals surface area contributed by atoms with Gasteiger partial charge in [-0.15, -0.1) is 5.10 Å². The maximum Gasteiger partial charge on any atom is 0.192 e. The van der Waals surface area contributed by atoms with Gasteiger partial charge in [0.25, 0.3) is 0 Å². The second-order valence-electron chi connectivity index (χ2n) is 7.32. The fourth-order valence-electron chi connectivity index (χ4n) is 3.64. The second-order valence-corrected chi connectivity index (χ2v) is 7.32. The van der Waals surface area contributed by atoms with Gasteiger partial charge in [-0.05, 0) is 36.6 Å². The molecule has 0 spiro atoms. The van der Waals surface area contributed by atoms with Crippen molar-refractivity contribution in [2.24, 2.45) is 5.16 Å². The van der Waals surface area contributed by atoms with E-state index in [1.54, 1.807) is 23.3 Å². The van der Waals surface area contributed by atoms with Crippen molar-refractivity contribution in [2.75, 3.05) is 0 Å². The number of pyridine rings is 1. The maximum atomic E-state index is 5.40. The molecule has 5 rings (SSSR count). The number of hydrogen-bond acceptors (Lipinski definition) is 6. The molecule has 154 valence electrons. The van der Waals surface area contributed by atoms with E-state index in [1.165, 1.54) is 0 Å². The quantitative estimate of drug-likeness (QED) is 0.314. The number of aromatic nitrogens is 6. The highest BCUT2D eigenvalue weighted by Gasteiger charge is 2.18. The Hall–Kier alpha value is -4.07. The number of hydrogen-bond donors (Lipinski definition) is 0. The monoisotopic (exact) mass is 411 g/mol. The van der Waals surface area contributed by atoms with Crippen molar-refractivity contribution in [1.29, 1.82) is 0 Å². The molecule has 8 heteroatoms. The smallest absolute Gasteiger partial charge is 0.192 e. The Morgan fingerprint density at radius 1 is 1.06 bits per heavy atom. The number of oxime groups is 1. The largest absolute Gasteiger partial charge is 0.387 e. The summed E-state index contributed by atoms with van der Waals surface area (Å²) in [5.74, 6) is 0.552. The molecule has 4 heterocycles. The van der Waals surface area contributed by atoms with Crippen molar-refractivity contribution in [3.63, 3.8) is 0 Å². The fourth-order valence-corrected chi connectivity index (χ4v) is 3.64. The zero-order chi connectivity index (χ0) is 21.2. The number of benzene rings is 1. The summed E-state index contributed by atoms with van der Waals surface area (Å²) in [5.41, 5.74) is 6.02. The third-order valence-electron chi connectivity index (χ3n) is 5.32. The highest BCUT2D eigenvalue weighted by Crippen LogP contribution is 2.27. The van der Waals surface area contributed by atoms with Crippen LogP contribution in [0.5, 0.6) is 0 Å². The number of nitrogens with zero attached hydrogens (tertiary/aromatic N) is 7. The van der Waals surface area contributed by atoms with Crippen LogP contribution >= 0.6 is 0 Å². The summed E-state index contributed by atoms with van der Waals surface area (Å²) in [6, 6.07) is 13.8. The third-order valence-corrected chi connectivity index (χ3v) is 5.32. The highest BCUT2D eigenvalue weighted by molar-refractivity contribution is 5.93. The van der Waals surface area contributed by atoms with Gasteiger partial charge in [0.2, 0.25) is 0 Å². The van der Waals surface area contributed by atoms with Crippen molar-refractivity contribution in [1.82, 2.24) is 29.1 Å². The van der Waals surface area contributed by atoms with Gasteiger partial charge in [-0.1, -0.05) is 41.6 Å².